The van der Waals surface area contributed by atoms with Crippen LogP contribution in [0.4, 0.5) is 0 Å². The van der Waals surface area contributed by atoms with Crippen LogP contribution in [0.3, 0.4) is 0 Å². The molecule has 0 saturated heterocycles. The van der Waals surface area contributed by atoms with E-state index in [9.17, 15) is 29.1 Å². The zero-order chi connectivity index (χ0) is 34.6. The fourth-order valence-electron chi connectivity index (χ4n) is 3.95. The first kappa shape index (κ1) is 40.0. The minimum absolute atomic E-state index is 0.217. The summed E-state index contributed by atoms with van der Waals surface area (Å²) in [7, 11) is -1.77. The average Bonchev–Trinajstić information content (AvgIpc) is 3.04. The lowest BCUT2D eigenvalue weighted by Gasteiger charge is -2.22. The highest BCUT2D eigenvalue weighted by Gasteiger charge is 2.27. The van der Waals surface area contributed by atoms with Crippen LogP contribution >= 0.6 is 11.6 Å². The second-order valence-corrected chi connectivity index (χ2v) is 10.3. The van der Waals surface area contributed by atoms with Gasteiger partial charge in [-0.05, 0) is 68.1 Å². The summed E-state index contributed by atoms with van der Waals surface area (Å²) < 4.78 is 0. The van der Waals surface area contributed by atoms with E-state index in [1.807, 2.05) is 26.0 Å². The van der Waals surface area contributed by atoms with Gasteiger partial charge in [0.25, 0.3) is 5.91 Å². The van der Waals surface area contributed by atoms with Crippen LogP contribution in [0.2, 0.25) is 5.02 Å². The predicted molar refractivity (Wildman–Crippen MR) is 175 cm³/mol. The van der Waals surface area contributed by atoms with Gasteiger partial charge in [-0.1, -0.05) is 49.7 Å². The smallest absolute Gasteiger partial charge is 0.426 e. The molecule has 3 unspecified atom stereocenters. The molecule has 10 N–H and O–H groups in total. The summed E-state index contributed by atoms with van der Waals surface area (Å²) in [5.74, 6) is -3.55. The summed E-state index contributed by atoms with van der Waals surface area (Å²) >= 11 is 5.92. The van der Waals surface area contributed by atoms with Crippen LogP contribution in [-0.4, -0.2) is 96.1 Å². The summed E-state index contributed by atoms with van der Waals surface area (Å²) in [5, 5.41) is 40.4. The van der Waals surface area contributed by atoms with Crippen LogP contribution < -0.4 is 32.3 Å². The number of carbonyl (C=O) groups excluding carboxylic acids is 5. The summed E-state index contributed by atoms with van der Waals surface area (Å²) in [6.45, 7) is 4.57. The molecule has 0 spiro atoms. The summed E-state index contributed by atoms with van der Waals surface area (Å²) in [5.41, 5.74) is 7.54. The number of benzene rings is 2. The normalized spacial score (nSPS) is 12.3. The molecule has 2 rings (SSSR count). The van der Waals surface area contributed by atoms with Crippen molar-refractivity contribution in [3.63, 3.8) is 0 Å². The van der Waals surface area contributed by atoms with Gasteiger partial charge in [0.2, 0.25) is 23.6 Å². The number of hydrogen-bond acceptors (Lipinski definition) is 9. The van der Waals surface area contributed by atoms with Gasteiger partial charge < -0.3 is 47.5 Å². The molecule has 0 aliphatic rings. The molecule has 0 saturated carbocycles. The summed E-state index contributed by atoms with van der Waals surface area (Å²) in [6.07, 6.45) is -0.478. The van der Waals surface area contributed by atoms with Crippen LogP contribution in [0.25, 0.3) is 11.1 Å². The Hall–Kier alpha value is -4.02. The minimum Gasteiger partial charge on any atom is -0.426 e. The molecular weight excluding hydrogens is 619 g/mol. The number of rotatable bonds is 17. The van der Waals surface area contributed by atoms with Crippen molar-refractivity contribution < 1.29 is 39.1 Å². The van der Waals surface area contributed by atoms with Crippen LogP contribution in [0, 0.1) is 0 Å². The zero-order valence-electron chi connectivity index (χ0n) is 26.2. The highest BCUT2D eigenvalue weighted by molar-refractivity contribution is 6.41. The molecule has 5 amide bonds. The van der Waals surface area contributed by atoms with Crippen LogP contribution in [0.15, 0.2) is 48.5 Å². The van der Waals surface area contributed by atoms with Crippen molar-refractivity contribution >= 4 is 48.3 Å². The molecule has 2 aromatic carbocycles. The number of nitrogens with two attached hydrogens (primary N) is 1. The van der Waals surface area contributed by atoms with E-state index in [1.165, 1.54) is 6.92 Å². The third kappa shape index (κ3) is 14.8. The molecular formula is C30H44BClN6O8. The van der Waals surface area contributed by atoms with Crippen molar-refractivity contribution in [2.45, 2.75) is 58.2 Å². The molecule has 16 heteroatoms. The Labute approximate surface area is 274 Å². The lowest BCUT2D eigenvalue weighted by atomic mass is 9.92. The van der Waals surface area contributed by atoms with Gasteiger partial charge in [0.15, 0.2) is 0 Å². The second-order valence-electron chi connectivity index (χ2n) is 9.90. The number of amides is 5. The first-order chi connectivity index (χ1) is 21.9. The Balaban J connectivity index is 0.00000518. The molecule has 3 atom stereocenters. The van der Waals surface area contributed by atoms with Crippen molar-refractivity contribution in [3.8, 4) is 11.1 Å². The molecule has 0 radical (unpaired) electrons. The van der Waals surface area contributed by atoms with Gasteiger partial charge in [-0.3, -0.25) is 24.0 Å². The van der Waals surface area contributed by atoms with E-state index in [-0.39, 0.29) is 6.42 Å². The molecule has 252 valence electrons. The summed E-state index contributed by atoms with van der Waals surface area (Å²) in [4.78, 5) is 62.4. The quantitative estimate of drug-likeness (QED) is 0.0783. The largest absolute Gasteiger partial charge is 0.472 e. The van der Waals surface area contributed by atoms with Crippen molar-refractivity contribution in [1.29, 1.82) is 0 Å². The van der Waals surface area contributed by atoms with Gasteiger partial charge in [0, 0.05) is 10.6 Å². The molecule has 0 heterocycles. The zero-order valence-corrected chi connectivity index (χ0v) is 27.0. The predicted octanol–water partition coefficient (Wildman–Crippen LogP) is -0.513. The first-order valence-corrected chi connectivity index (χ1v) is 15.3. The standard InChI is InChI=1S/C28H38BClN6O8.C2H6/c1-17(37)25(28(42)33-14-23(38)35-22(4-2-3-13-31)27(41)34-16-29(43)44)36-24(39)15-32-26(40)20-7-5-18(6-8-20)19-9-11-21(30)12-10-19;1-2/h5-12,17,22,25,37,43-44H,2-4,13-16,31H2,1H3,(H,32,40)(H,33,42)(H,34,41)(H,35,38)(H,36,39);1-2H3. The number of aliphatic hydroxyl groups excluding tert-OH is 1. The van der Waals surface area contributed by atoms with Crippen molar-refractivity contribution in [2.24, 2.45) is 5.73 Å². The molecule has 0 bridgehead atoms. The van der Waals surface area contributed by atoms with Crippen LogP contribution in [0.5, 0.6) is 0 Å². The Morgan fingerprint density at radius 2 is 1.35 bits per heavy atom. The van der Waals surface area contributed by atoms with Gasteiger partial charge in [-0.15, -0.1) is 0 Å². The maximum Gasteiger partial charge on any atom is 0.472 e. The van der Waals surface area contributed by atoms with E-state index in [1.54, 1.807) is 36.4 Å². The number of carbonyl (C=O) groups is 5. The van der Waals surface area contributed by atoms with E-state index in [2.05, 4.69) is 26.6 Å². The lowest BCUT2D eigenvalue weighted by molar-refractivity contribution is -0.133. The molecule has 0 aromatic heterocycles. The van der Waals surface area contributed by atoms with E-state index in [0.717, 1.165) is 11.1 Å². The topological polar surface area (TPSA) is 232 Å². The van der Waals surface area contributed by atoms with E-state index in [0.29, 0.717) is 30.0 Å². The number of hydrogen-bond donors (Lipinski definition) is 9. The molecule has 0 aliphatic carbocycles. The Kier molecular flexibility index (Phi) is 18.9. The Bertz CT molecular complexity index is 1270. The van der Waals surface area contributed by atoms with Gasteiger partial charge in [0.05, 0.1) is 25.6 Å². The number of nitrogens with one attached hydrogen (secondary N) is 5. The third-order valence-corrected chi connectivity index (χ3v) is 6.55. The van der Waals surface area contributed by atoms with Crippen LogP contribution in [0.1, 0.15) is 50.4 Å². The number of aliphatic hydroxyl groups is 1. The first-order valence-electron chi connectivity index (χ1n) is 14.9. The highest BCUT2D eigenvalue weighted by Crippen LogP contribution is 2.21. The summed E-state index contributed by atoms with van der Waals surface area (Å²) in [6, 6.07) is 11.4. The molecule has 2 aromatic rings. The third-order valence-electron chi connectivity index (χ3n) is 6.30. The van der Waals surface area contributed by atoms with Gasteiger partial charge in [-0.25, -0.2) is 0 Å². The lowest BCUT2D eigenvalue weighted by Crippen LogP contribution is -2.56. The fourth-order valence-corrected chi connectivity index (χ4v) is 4.07. The van der Waals surface area contributed by atoms with Crippen molar-refractivity contribution in [1.82, 2.24) is 26.6 Å². The number of unbranched alkanes of at least 4 members (excludes halogenated alkanes) is 1. The van der Waals surface area contributed by atoms with E-state index in [4.69, 9.17) is 27.4 Å². The van der Waals surface area contributed by atoms with E-state index >= 15 is 0 Å². The van der Waals surface area contributed by atoms with Crippen LogP contribution in [-0.2, 0) is 19.2 Å². The highest BCUT2D eigenvalue weighted by atomic mass is 35.5. The van der Waals surface area contributed by atoms with Gasteiger partial charge in [-0.2, -0.15) is 0 Å². The van der Waals surface area contributed by atoms with Crippen molar-refractivity contribution in [3.05, 3.63) is 59.1 Å². The Morgan fingerprint density at radius 3 is 1.89 bits per heavy atom. The maximum absolute atomic E-state index is 12.7. The maximum atomic E-state index is 12.7. The monoisotopic (exact) mass is 662 g/mol. The minimum atomic E-state index is -1.77. The molecule has 14 nitrogen and oxygen atoms in total. The van der Waals surface area contributed by atoms with Crippen molar-refractivity contribution in [2.75, 3.05) is 26.1 Å². The molecule has 46 heavy (non-hydrogen) atoms. The van der Waals surface area contributed by atoms with Gasteiger partial charge in [0.1, 0.15) is 12.1 Å². The SMILES string of the molecule is CC.CC(O)C(NC(=O)CNC(=O)c1ccc(-c2ccc(Cl)cc2)cc1)C(=O)NCC(=O)NC(CCCCN)C(=O)NCB(O)O. The Morgan fingerprint density at radius 1 is 0.804 bits per heavy atom. The number of halogens is 1. The average molecular weight is 663 g/mol. The van der Waals surface area contributed by atoms with Gasteiger partial charge >= 0.3 is 7.12 Å². The fraction of sp³-hybridized carbons (Fsp3) is 0.433. The molecule has 0 aliphatic heterocycles. The second kappa shape index (κ2) is 21.7. The molecule has 0 fully saturated rings. The van der Waals surface area contributed by atoms with E-state index < -0.39 is 74.4 Å².